The molecule has 5 nitrogen and oxygen atoms in total. The number of nitrogens with zero attached hydrogens (tertiary/aromatic N) is 3. The number of hydrogen-bond acceptors (Lipinski definition) is 4. The maximum absolute atomic E-state index is 9.27. The summed E-state index contributed by atoms with van der Waals surface area (Å²) in [6.45, 7) is 4.23. The molecule has 1 heterocycles. The van der Waals surface area contributed by atoms with Crippen molar-refractivity contribution in [1.82, 2.24) is 14.8 Å². The molecule has 1 N–H and O–H groups in total. The lowest BCUT2D eigenvalue weighted by atomic mass is 10.2. The minimum absolute atomic E-state index is 0.118. The van der Waals surface area contributed by atoms with Crippen molar-refractivity contribution in [2.24, 2.45) is 0 Å². The van der Waals surface area contributed by atoms with Gasteiger partial charge in [0.05, 0.1) is 6.61 Å². The molecule has 0 aliphatic rings. The zero-order valence-corrected chi connectivity index (χ0v) is 11.6. The van der Waals surface area contributed by atoms with Crippen molar-refractivity contribution in [3.8, 4) is 5.75 Å². The first kappa shape index (κ1) is 13.8. The third kappa shape index (κ3) is 3.24. The van der Waals surface area contributed by atoms with E-state index in [1.807, 2.05) is 13.8 Å². The van der Waals surface area contributed by atoms with Gasteiger partial charge in [-0.25, -0.2) is 9.67 Å². The molecule has 19 heavy (non-hydrogen) atoms. The van der Waals surface area contributed by atoms with Gasteiger partial charge in [-0.3, -0.25) is 0 Å². The monoisotopic (exact) mass is 281 g/mol. The van der Waals surface area contributed by atoms with Crippen molar-refractivity contribution in [3.63, 3.8) is 0 Å². The first-order valence-electron chi connectivity index (χ1n) is 6.02. The average Bonchev–Trinajstić information content (AvgIpc) is 2.85. The number of aliphatic hydroxyl groups excluding tert-OH is 1. The molecule has 0 spiro atoms. The van der Waals surface area contributed by atoms with Gasteiger partial charge in [-0.05, 0) is 32.0 Å². The maximum Gasteiger partial charge on any atom is 0.165 e. The van der Waals surface area contributed by atoms with E-state index in [0.29, 0.717) is 22.9 Å². The lowest BCUT2D eigenvalue weighted by Crippen LogP contribution is -2.11. The first-order chi connectivity index (χ1) is 9.11. The molecule has 102 valence electrons. The fourth-order valence-electron chi connectivity index (χ4n) is 1.76. The van der Waals surface area contributed by atoms with Gasteiger partial charge in [0.2, 0.25) is 0 Å². The Balaban J connectivity index is 2.12. The molecule has 0 atom stereocenters. The van der Waals surface area contributed by atoms with Gasteiger partial charge in [0.1, 0.15) is 18.7 Å². The van der Waals surface area contributed by atoms with Gasteiger partial charge < -0.3 is 9.84 Å². The van der Waals surface area contributed by atoms with Crippen molar-refractivity contribution < 1.29 is 9.84 Å². The Morgan fingerprint density at radius 2 is 2.21 bits per heavy atom. The molecule has 1 aromatic heterocycles. The summed E-state index contributed by atoms with van der Waals surface area (Å²) in [6.07, 6.45) is 1.51. The van der Waals surface area contributed by atoms with Gasteiger partial charge >= 0.3 is 0 Å². The number of ether oxygens (including phenoxy) is 1. The normalized spacial score (nSPS) is 11.0. The van der Waals surface area contributed by atoms with Gasteiger partial charge in [0.15, 0.2) is 5.82 Å². The maximum atomic E-state index is 9.27. The number of aromatic nitrogens is 3. The Morgan fingerprint density at radius 3 is 2.89 bits per heavy atom. The van der Waals surface area contributed by atoms with E-state index in [9.17, 15) is 5.11 Å². The second-order valence-electron chi connectivity index (χ2n) is 4.41. The zero-order valence-electron chi connectivity index (χ0n) is 10.9. The third-order valence-electron chi connectivity index (χ3n) is 2.69. The number of benzene rings is 1. The highest BCUT2D eigenvalue weighted by Crippen LogP contribution is 2.23. The van der Waals surface area contributed by atoms with E-state index >= 15 is 0 Å². The number of hydrogen-bond donors (Lipinski definition) is 1. The Morgan fingerprint density at radius 1 is 1.42 bits per heavy atom. The van der Waals surface area contributed by atoms with Crippen LogP contribution in [0.25, 0.3) is 0 Å². The molecular formula is C13H16ClN3O2. The fourth-order valence-corrected chi connectivity index (χ4v) is 1.96. The highest BCUT2D eigenvalue weighted by Gasteiger charge is 2.10. The van der Waals surface area contributed by atoms with Gasteiger partial charge in [0, 0.05) is 16.6 Å². The first-order valence-corrected chi connectivity index (χ1v) is 6.40. The number of rotatable bonds is 5. The molecule has 0 saturated carbocycles. The lowest BCUT2D eigenvalue weighted by Gasteiger charge is -2.12. The molecule has 0 radical (unpaired) electrons. The quantitative estimate of drug-likeness (QED) is 0.915. The van der Waals surface area contributed by atoms with E-state index in [0.717, 1.165) is 5.82 Å². The summed E-state index contributed by atoms with van der Waals surface area (Å²) < 4.78 is 7.48. The smallest absolute Gasteiger partial charge is 0.165 e. The van der Waals surface area contributed by atoms with Crippen LogP contribution in [0.3, 0.4) is 0 Å². The Kier molecular flexibility index (Phi) is 4.39. The van der Waals surface area contributed by atoms with Crippen LogP contribution in [0.2, 0.25) is 5.02 Å². The predicted octanol–water partition coefficient (Wildman–Crippen LogP) is 2.58. The molecule has 0 saturated heterocycles. The SMILES string of the molecule is CC(C)n1ncnc1COc1ccc(Cl)cc1CO. The Labute approximate surface area is 116 Å². The Bertz CT molecular complexity index is 555. The van der Waals surface area contributed by atoms with Crippen LogP contribution < -0.4 is 4.74 Å². The minimum atomic E-state index is -0.118. The fraction of sp³-hybridized carbons (Fsp3) is 0.385. The number of aliphatic hydroxyl groups is 1. The van der Waals surface area contributed by atoms with Crippen molar-refractivity contribution in [2.75, 3.05) is 0 Å². The molecule has 0 bridgehead atoms. The van der Waals surface area contributed by atoms with E-state index in [1.54, 1.807) is 22.9 Å². The molecule has 2 aromatic rings. The van der Waals surface area contributed by atoms with Crippen molar-refractivity contribution in [2.45, 2.75) is 33.1 Å². The van der Waals surface area contributed by atoms with Crippen LogP contribution >= 0.6 is 11.6 Å². The summed E-state index contributed by atoms with van der Waals surface area (Å²) in [5.74, 6) is 1.35. The predicted molar refractivity (Wildman–Crippen MR) is 72.1 cm³/mol. The second kappa shape index (κ2) is 6.04. The summed E-state index contributed by atoms with van der Waals surface area (Å²) in [7, 11) is 0. The number of halogens is 1. The van der Waals surface area contributed by atoms with Crippen LogP contribution in [0.5, 0.6) is 5.75 Å². The lowest BCUT2D eigenvalue weighted by molar-refractivity contribution is 0.251. The topological polar surface area (TPSA) is 60.2 Å². The van der Waals surface area contributed by atoms with E-state index in [-0.39, 0.29) is 12.6 Å². The van der Waals surface area contributed by atoms with Crippen molar-refractivity contribution in [1.29, 1.82) is 0 Å². The van der Waals surface area contributed by atoms with Gasteiger partial charge in [-0.15, -0.1) is 0 Å². The van der Waals surface area contributed by atoms with Crippen LogP contribution in [-0.2, 0) is 13.2 Å². The molecule has 0 fully saturated rings. The van der Waals surface area contributed by atoms with Crippen LogP contribution in [0.15, 0.2) is 24.5 Å². The summed E-state index contributed by atoms with van der Waals surface area (Å²) in [4.78, 5) is 4.16. The second-order valence-corrected chi connectivity index (χ2v) is 4.85. The standard InChI is InChI=1S/C13H16ClN3O2/c1-9(2)17-13(15-8-16-17)7-19-12-4-3-11(14)5-10(12)6-18/h3-5,8-9,18H,6-7H2,1-2H3. The van der Waals surface area contributed by atoms with E-state index in [4.69, 9.17) is 16.3 Å². The van der Waals surface area contributed by atoms with E-state index < -0.39 is 0 Å². The van der Waals surface area contributed by atoms with Gasteiger partial charge in [-0.2, -0.15) is 5.10 Å². The van der Waals surface area contributed by atoms with Crippen molar-refractivity contribution in [3.05, 3.63) is 40.9 Å². The van der Waals surface area contributed by atoms with Crippen LogP contribution in [-0.4, -0.2) is 19.9 Å². The van der Waals surface area contributed by atoms with E-state index in [1.165, 1.54) is 6.33 Å². The molecule has 0 aliphatic heterocycles. The zero-order chi connectivity index (χ0) is 13.8. The minimum Gasteiger partial charge on any atom is -0.485 e. The van der Waals surface area contributed by atoms with Gasteiger partial charge in [-0.1, -0.05) is 11.6 Å². The van der Waals surface area contributed by atoms with Crippen LogP contribution in [0.4, 0.5) is 0 Å². The summed E-state index contributed by atoms with van der Waals surface area (Å²) in [5.41, 5.74) is 0.656. The highest BCUT2D eigenvalue weighted by molar-refractivity contribution is 6.30. The average molecular weight is 282 g/mol. The molecule has 1 aromatic carbocycles. The van der Waals surface area contributed by atoms with Crippen LogP contribution in [0.1, 0.15) is 31.3 Å². The van der Waals surface area contributed by atoms with Crippen molar-refractivity contribution >= 4 is 11.6 Å². The molecule has 2 rings (SSSR count). The largest absolute Gasteiger partial charge is 0.485 e. The molecule has 0 unspecified atom stereocenters. The highest BCUT2D eigenvalue weighted by atomic mass is 35.5. The summed E-state index contributed by atoms with van der Waals surface area (Å²) >= 11 is 5.87. The molecule has 6 heteroatoms. The summed E-state index contributed by atoms with van der Waals surface area (Å²) in [5, 5.41) is 14.0. The molecule has 0 aliphatic carbocycles. The van der Waals surface area contributed by atoms with Crippen LogP contribution in [0, 0.1) is 0 Å². The summed E-state index contributed by atoms with van der Waals surface area (Å²) in [6, 6.07) is 5.38. The molecular weight excluding hydrogens is 266 g/mol. The Hall–Kier alpha value is -1.59. The third-order valence-corrected chi connectivity index (χ3v) is 2.92. The van der Waals surface area contributed by atoms with Gasteiger partial charge in [0.25, 0.3) is 0 Å². The van der Waals surface area contributed by atoms with E-state index in [2.05, 4.69) is 10.1 Å². The molecule has 0 amide bonds.